The summed E-state index contributed by atoms with van der Waals surface area (Å²) >= 11 is 0. The Kier molecular flexibility index (Phi) is 7.40. The molecular formula is C15H18F3N3O4. The maximum atomic E-state index is 11.8. The summed E-state index contributed by atoms with van der Waals surface area (Å²) in [7, 11) is 0. The number of aliphatic hydroxyl groups excluding tert-OH is 1. The van der Waals surface area contributed by atoms with Crippen LogP contribution in [0.5, 0.6) is 0 Å². The van der Waals surface area contributed by atoms with Gasteiger partial charge in [0, 0.05) is 30.5 Å². The summed E-state index contributed by atoms with van der Waals surface area (Å²) in [6.45, 7) is 0.962. The zero-order valence-corrected chi connectivity index (χ0v) is 13.0. The monoisotopic (exact) mass is 361 g/mol. The van der Waals surface area contributed by atoms with Crippen molar-refractivity contribution in [3.05, 3.63) is 40.6 Å². The van der Waals surface area contributed by atoms with E-state index in [4.69, 9.17) is 20.7 Å². The van der Waals surface area contributed by atoms with Crippen molar-refractivity contribution in [2.24, 2.45) is 11.7 Å². The van der Waals surface area contributed by atoms with E-state index >= 15 is 0 Å². The lowest BCUT2D eigenvalue weighted by molar-refractivity contribution is -0.192. The number of aliphatic carboxylic acids is 1. The molecule has 0 aliphatic carbocycles. The smallest absolute Gasteiger partial charge is 0.475 e. The summed E-state index contributed by atoms with van der Waals surface area (Å²) in [6, 6.07) is 8.87. The van der Waals surface area contributed by atoms with E-state index in [1.54, 1.807) is 6.07 Å². The topological polar surface area (TPSA) is 128 Å². The Bertz CT molecular complexity index is 758. The summed E-state index contributed by atoms with van der Waals surface area (Å²) < 4.78 is 31.7. The van der Waals surface area contributed by atoms with Gasteiger partial charge in [0.15, 0.2) is 5.43 Å². The second-order valence-electron chi connectivity index (χ2n) is 5.06. The van der Waals surface area contributed by atoms with Crippen LogP contribution in [0.3, 0.4) is 0 Å². The van der Waals surface area contributed by atoms with Crippen LogP contribution < -0.4 is 16.5 Å². The molecule has 2 rings (SSSR count). The van der Waals surface area contributed by atoms with Crippen LogP contribution in [0.1, 0.15) is 0 Å². The van der Waals surface area contributed by atoms with Gasteiger partial charge in [0.25, 0.3) is 0 Å². The van der Waals surface area contributed by atoms with Gasteiger partial charge in [0.05, 0.1) is 5.52 Å². The number of anilines is 1. The summed E-state index contributed by atoms with van der Waals surface area (Å²) in [5.74, 6) is -2.13. The van der Waals surface area contributed by atoms with Gasteiger partial charge in [-0.05, 0) is 18.7 Å². The average molecular weight is 361 g/mol. The van der Waals surface area contributed by atoms with Crippen molar-refractivity contribution in [2.45, 2.75) is 6.18 Å². The number of para-hydroxylation sites is 1. The maximum Gasteiger partial charge on any atom is 0.490 e. The number of rotatable bonds is 5. The highest BCUT2D eigenvalue weighted by atomic mass is 19.4. The molecule has 0 aliphatic rings. The van der Waals surface area contributed by atoms with Crippen LogP contribution in [0.25, 0.3) is 10.9 Å². The molecule has 0 spiro atoms. The lowest BCUT2D eigenvalue weighted by Gasteiger charge is -2.13. The Labute approximate surface area is 140 Å². The molecule has 6 N–H and O–H groups in total. The van der Waals surface area contributed by atoms with Crippen LogP contribution in [0.15, 0.2) is 35.1 Å². The van der Waals surface area contributed by atoms with Crippen LogP contribution in [0, 0.1) is 5.92 Å². The number of carboxylic acid groups (broad SMARTS) is 1. The molecule has 1 aromatic carbocycles. The third-order valence-electron chi connectivity index (χ3n) is 3.15. The number of aromatic nitrogens is 1. The van der Waals surface area contributed by atoms with E-state index in [0.717, 1.165) is 5.52 Å². The molecule has 2 aromatic rings. The highest BCUT2D eigenvalue weighted by molar-refractivity contribution is 5.79. The van der Waals surface area contributed by atoms with Crippen LogP contribution in [-0.2, 0) is 4.79 Å². The minimum absolute atomic E-state index is 0.0139. The molecule has 0 radical (unpaired) electrons. The summed E-state index contributed by atoms with van der Waals surface area (Å²) in [4.78, 5) is 23.9. The molecule has 0 fully saturated rings. The van der Waals surface area contributed by atoms with E-state index in [0.29, 0.717) is 24.3 Å². The van der Waals surface area contributed by atoms with E-state index in [-0.39, 0.29) is 18.0 Å². The maximum absolute atomic E-state index is 11.8. The van der Waals surface area contributed by atoms with Crippen molar-refractivity contribution in [3.63, 3.8) is 0 Å². The minimum Gasteiger partial charge on any atom is -0.475 e. The van der Waals surface area contributed by atoms with Crippen LogP contribution >= 0.6 is 0 Å². The van der Waals surface area contributed by atoms with E-state index in [1.165, 1.54) is 6.07 Å². The number of alkyl halides is 3. The van der Waals surface area contributed by atoms with Gasteiger partial charge in [-0.15, -0.1) is 0 Å². The summed E-state index contributed by atoms with van der Waals surface area (Å²) in [5, 5.41) is 19.9. The zero-order valence-electron chi connectivity index (χ0n) is 13.0. The summed E-state index contributed by atoms with van der Waals surface area (Å²) in [5.41, 5.74) is 6.26. The Hall–Kier alpha value is -2.59. The predicted octanol–water partition coefficient (Wildman–Crippen LogP) is 1.14. The van der Waals surface area contributed by atoms with Crippen LogP contribution in [-0.4, -0.2) is 47.0 Å². The number of nitrogens with one attached hydrogen (secondary N) is 2. The molecule has 1 heterocycles. The highest BCUT2D eigenvalue weighted by Crippen LogP contribution is 2.13. The third kappa shape index (κ3) is 6.43. The number of halogens is 3. The van der Waals surface area contributed by atoms with Crippen molar-refractivity contribution in [1.82, 2.24) is 4.98 Å². The average Bonchev–Trinajstić information content (AvgIpc) is 2.55. The van der Waals surface area contributed by atoms with Gasteiger partial charge in [0.1, 0.15) is 5.82 Å². The second-order valence-corrected chi connectivity index (χ2v) is 5.06. The number of aliphatic hydroxyl groups is 1. The van der Waals surface area contributed by atoms with Gasteiger partial charge in [-0.1, -0.05) is 12.1 Å². The Morgan fingerprint density at radius 3 is 2.44 bits per heavy atom. The molecule has 25 heavy (non-hydrogen) atoms. The van der Waals surface area contributed by atoms with Crippen molar-refractivity contribution >= 4 is 22.7 Å². The molecule has 1 atom stereocenters. The van der Waals surface area contributed by atoms with Crippen molar-refractivity contribution in [3.8, 4) is 0 Å². The lowest BCUT2D eigenvalue weighted by atomic mass is 10.1. The van der Waals surface area contributed by atoms with Gasteiger partial charge in [-0.25, -0.2) is 4.79 Å². The molecule has 0 amide bonds. The standard InChI is InChI=1S/C13H17N3O2.C2HF3O2/c14-6-9(8-17)7-15-13-5-12(18)10-3-1-2-4-11(10)16-13;3-2(4,5)1(6)7/h1-5,9,17H,6-8,14H2,(H2,15,16,18);(H,6,7). The first-order valence-electron chi connectivity index (χ1n) is 7.16. The van der Waals surface area contributed by atoms with Gasteiger partial charge >= 0.3 is 12.1 Å². The first-order chi connectivity index (χ1) is 11.7. The normalized spacial score (nSPS) is 12.2. The fourth-order valence-corrected chi connectivity index (χ4v) is 1.77. The van der Waals surface area contributed by atoms with Gasteiger partial charge in [0.2, 0.25) is 0 Å². The fourth-order valence-electron chi connectivity index (χ4n) is 1.77. The number of carbonyl (C=O) groups is 1. The van der Waals surface area contributed by atoms with Gasteiger partial charge in [-0.2, -0.15) is 13.2 Å². The fraction of sp³-hybridized carbons (Fsp3) is 0.333. The number of carboxylic acids is 1. The first-order valence-corrected chi connectivity index (χ1v) is 7.16. The molecule has 0 bridgehead atoms. The zero-order chi connectivity index (χ0) is 19.0. The number of pyridine rings is 1. The molecule has 0 aliphatic heterocycles. The van der Waals surface area contributed by atoms with Gasteiger partial charge < -0.3 is 26.2 Å². The molecule has 7 nitrogen and oxygen atoms in total. The number of hydrogen-bond acceptors (Lipinski definition) is 5. The highest BCUT2D eigenvalue weighted by Gasteiger charge is 2.38. The number of benzene rings is 1. The molecular weight excluding hydrogens is 343 g/mol. The Morgan fingerprint density at radius 2 is 1.92 bits per heavy atom. The van der Waals surface area contributed by atoms with E-state index in [2.05, 4.69) is 10.3 Å². The van der Waals surface area contributed by atoms with Crippen molar-refractivity contribution in [2.75, 3.05) is 25.0 Å². The molecule has 0 saturated carbocycles. The number of nitrogens with two attached hydrogens (primary N) is 1. The van der Waals surface area contributed by atoms with Gasteiger partial charge in [-0.3, -0.25) is 4.79 Å². The van der Waals surface area contributed by atoms with Crippen LogP contribution in [0.2, 0.25) is 0 Å². The largest absolute Gasteiger partial charge is 0.490 e. The van der Waals surface area contributed by atoms with E-state index in [9.17, 15) is 18.0 Å². The number of H-pyrrole nitrogens is 1. The third-order valence-corrected chi connectivity index (χ3v) is 3.15. The molecule has 138 valence electrons. The summed E-state index contributed by atoms with van der Waals surface area (Å²) in [6.07, 6.45) is -5.08. The minimum atomic E-state index is -5.08. The van der Waals surface area contributed by atoms with E-state index in [1.807, 2.05) is 18.2 Å². The second kappa shape index (κ2) is 9.04. The molecule has 1 aromatic heterocycles. The van der Waals surface area contributed by atoms with Crippen molar-refractivity contribution in [1.29, 1.82) is 0 Å². The Balaban J connectivity index is 0.000000381. The molecule has 10 heteroatoms. The quantitative estimate of drug-likeness (QED) is 0.543. The number of fused-ring (bicyclic) bond motifs is 1. The predicted molar refractivity (Wildman–Crippen MR) is 86.4 cm³/mol. The molecule has 0 saturated heterocycles. The molecule has 1 unspecified atom stereocenters. The number of aromatic amines is 1. The lowest BCUT2D eigenvalue weighted by Crippen LogP contribution is -2.26. The SMILES string of the molecule is NCC(CO)CNc1cc(=O)c2ccccc2[nH]1.O=C(O)C(F)(F)F. The van der Waals surface area contributed by atoms with Crippen molar-refractivity contribution < 1.29 is 28.2 Å². The first kappa shape index (κ1) is 20.5. The van der Waals surface area contributed by atoms with E-state index < -0.39 is 12.1 Å². The van der Waals surface area contributed by atoms with Crippen LogP contribution in [0.4, 0.5) is 19.0 Å². The number of hydrogen-bond donors (Lipinski definition) is 5. The Morgan fingerprint density at radius 1 is 1.32 bits per heavy atom.